The van der Waals surface area contributed by atoms with E-state index in [0.29, 0.717) is 23.1 Å². The monoisotopic (exact) mass is 391 g/mol. The van der Waals surface area contributed by atoms with E-state index in [1.807, 2.05) is 30.9 Å². The number of benzene rings is 2. The molecule has 0 aliphatic carbocycles. The van der Waals surface area contributed by atoms with E-state index in [1.54, 1.807) is 36.4 Å². The van der Waals surface area contributed by atoms with Gasteiger partial charge >= 0.3 is 5.69 Å². The van der Waals surface area contributed by atoms with Gasteiger partial charge in [-0.05, 0) is 62.9 Å². The first kappa shape index (κ1) is 19.2. The van der Waals surface area contributed by atoms with Gasteiger partial charge in [-0.2, -0.15) is 0 Å². The lowest BCUT2D eigenvalue weighted by Crippen LogP contribution is -2.46. The number of para-hydroxylation sites is 1. The summed E-state index contributed by atoms with van der Waals surface area (Å²) in [5.41, 5.74) is 1.10. The molecule has 2 aromatic carbocycles. The number of amides is 1. The van der Waals surface area contributed by atoms with Gasteiger partial charge in [0.2, 0.25) is 5.91 Å². The average molecular weight is 391 g/mol. The number of hydrogen-bond acceptors (Lipinski definition) is 3. The minimum atomic E-state index is -0.489. The third kappa shape index (κ3) is 3.50. The minimum Gasteiger partial charge on any atom is -0.338 e. The number of rotatable bonds is 3. The van der Waals surface area contributed by atoms with Crippen LogP contribution in [0.5, 0.6) is 0 Å². The molecule has 6 nitrogen and oxygen atoms in total. The summed E-state index contributed by atoms with van der Waals surface area (Å²) < 4.78 is 2.60. The fourth-order valence-corrected chi connectivity index (χ4v) is 4.16. The van der Waals surface area contributed by atoms with Crippen molar-refractivity contribution in [3.8, 4) is 5.69 Å². The van der Waals surface area contributed by atoms with Gasteiger partial charge in [0.1, 0.15) is 6.54 Å². The molecule has 0 spiro atoms. The molecule has 1 aliphatic heterocycles. The van der Waals surface area contributed by atoms with Gasteiger partial charge in [-0.3, -0.25) is 14.2 Å². The van der Waals surface area contributed by atoms with Crippen LogP contribution in [-0.4, -0.2) is 32.5 Å². The molecule has 0 radical (unpaired) electrons. The summed E-state index contributed by atoms with van der Waals surface area (Å²) in [6.45, 7) is 4.60. The number of carbonyl (C=O) groups excluding carboxylic acids is 1. The van der Waals surface area contributed by atoms with Crippen LogP contribution >= 0.6 is 0 Å². The lowest BCUT2D eigenvalue weighted by atomic mass is 10.0. The Balaban J connectivity index is 1.88. The number of piperidine rings is 1. The van der Waals surface area contributed by atoms with Gasteiger partial charge in [0.25, 0.3) is 5.56 Å². The molecule has 2 heterocycles. The molecule has 0 bridgehead atoms. The molecule has 1 amide bonds. The van der Waals surface area contributed by atoms with Crippen molar-refractivity contribution in [2.24, 2.45) is 0 Å². The Kier molecular flexibility index (Phi) is 5.09. The molecule has 3 aromatic rings. The van der Waals surface area contributed by atoms with Crippen LogP contribution in [0.2, 0.25) is 0 Å². The fourth-order valence-electron chi connectivity index (χ4n) is 4.16. The maximum absolute atomic E-state index is 13.4. The second-order valence-corrected chi connectivity index (χ2v) is 7.80. The normalized spacial score (nSPS) is 16.9. The van der Waals surface area contributed by atoms with E-state index in [0.717, 1.165) is 24.8 Å². The van der Waals surface area contributed by atoms with Gasteiger partial charge in [0.15, 0.2) is 0 Å². The number of aromatic nitrogens is 2. The zero-order valence-electron chi connectivity index (χ0n) is 16.8. The maximum atomic E-state index is 13.4. The van der Waals surface area contributed by atoms with Crippen molar-refractivity contribution >= 4 is 16.8 Å². The van der Waals surface area contributed by atoms with E-state index < -0.39 is 5.69 Å². The van der Waals surface area contributed by atoms with Crippen LogP contribution in [0.25, 0.3) is 16.6 Å². The summed E-state index contributed by atoms with van der Waals surface area (Å²) in [7, 11) is 0. The predicted octanol–water partition coefficient (Wildman–Crippen LogP) is 2.86. The molecule has 4 rings (SSSR count). The molecule has 1 atom stereocenters. The van der Waals surface area contributed by atoms with Gasteiger partial charge in [-0.15, -0.1) is 0 Å². The van der Waals surface area contributed by atoms with Crippen LogP contribution in [0.3, 0.4) is 0 Å². The smallest absolute Gasteiger partial charge is 0.336 e. The van der Waals surface area contributed by atoms with Crippen molar-refractivity contribution in [3.63, 3.8) is 0 Å². The molecule has 29 heavy (non-hydrogen) atoms. The first-order valence-electron chi connectivity index (χ1n) is 10.1. The van der Waals surface area contributed by atoms with E-state index >= 15 is 0 Å². The quantitative estimate of drug-likeness (QED) is 0.690. The number of nitrogens with zero attached hydrogens (tertiary/aromatic N) is 3. The highest BCUT2D eigenvalue weighted by molar-refractivity contribution is 5.82. The van der Waals surface area contributed by atoms with Crippen molar-refractivity contribution in [1.29, 1.82) is 0 Å². The molecular weight excluding hydrogens is 366 g/mol. The molecular formula is C23H25N3O3. The van der Waals surface area contributed by atoms with Crippen molar-refractivity contribution in [2.45, 2.75) is 45.7 Å². The van der Waals surface area contributed by atoms with E-state index in [-0.39, 0.29) is 24.1 Å². The zero-order valence-corrected chi connectivity index (χ0v) is 16.8. The van der Waals surface area contributed by atoms with Crippen LogP contribution in [0.1, 0.15) is 31.7 Å². The van der Waals surface area contributed by atoms with Crippen LogP contribution in [-0.2, 0) is 11.3 Å². The Morgan fingerprint density at radius 2 is 1.86 bits per heavy atom. The number of aryl methyl sites for hydroxylation is 1. The van der Waals surface area contributed by atoms with Crippen molar-refractivity contribution in [3.05, 3.63) is 74.9 Å². The molecule has 1 aliphatic rings. The highest BCUT2D eigenvalue weighted by atomic mass is 16.2. The van der Waals surface area contributed by atoms with E-state index in [1.165, 1.54) is 9.13 Å². The fraction of sp³-hybridized carbons (Fsp3) is 0.348. The van der Waals surface area contributed by atoms with Crippen molar-refractivity contribution in [2.75, 3.05) is 6.54 Å². The summed E-state index contributed by atoms with van der Waals surface area (Å²) in [4.78, 5) is 41.4. The highest BCUT2D eigenvalue weighted by Gasteiger charge is 2.25. The second kappa shape index (κ2) is 7.70. The molecule has 6 heteroatoms. The zero-order chi connectivity index (χ0) is 20.5. The summed E-state index contributed by atoms with van der Waals surface area (Å²) in [5.74, 6) is -0.0844. The molecule has 0 N–H and O–H groups in total. The van der Waals surface area contributed by atoms with Crippen LogP contribution in [0.15, 0.2) is 58.1 Å². The lowest BCUT2D eigenvalue weighted by Gasteiger charge is -2.33. The largest absolute Gasteiger partial charge is 0.338 e. The third-order valence-corrected chi connectivity index (χ3v) is 5.73. The number of carbonyl (C=O) groups is 1. The van der Waals surface area contributed by atoms with Crippen LogP contribution < -0.4 is 11.2 Å². The van der Waals surface area contributed by atoms with E-state index in [4.69, 9.17) is 0 Å². The van der Waals surface area contributed by atoms with Gasteiger partial charge < -0.3 is 4.90 Å². The Hall–Kier alpha value is -3.15. The lowest BCUT2D eigenvalue weighted by molar-refractivity contribution is -0.135. The second-order valence-electron chi connectivity index (χ2n) is 7.80. The number of fused-ring (bicyclic) bond motifs is 1. The molecule has 1 saturated heterocycles. The number of hydrogen-bond donors (Lipinski definition) is 0. The predicted molar refractivity (Wildman–Crippen MR) is 114 cm³/mol. The average Bonchev–Trinajstić information content (AvgIpc) is 2.71. The Bertz CT molecular complexity index is 1190. The summed E-state index contributed by atoms with van der Waals surface area (Å²) in [6, 6.07) is 14.4. The van der Waals surface area contributed by atoms with Crippen LogP contribution in [0, 0.1) is 6.92 Å². The van der Waals surface area contributed by atoms with Crippen LogP contribution in [0.4, 0.5) is 0 Å². The molecule has 1 fully saturated rings. The van der Waals surface area contributed by atoms with E-state index in [9.17, 15) is 14.4 Å². The SMILES string of the molecule is Cc1cccc(-n2c(=O)c3ccccc3n(CC(=O)N3CCCCC3C)c2=O)c1. The van der Waals surface area contributed by atoms with E-state index in [2.05, 4.69) is 0 Å². The molecule has 0 saturated carbocycles. The first-order valence-corrected chi connectivity index (χ1v) is 10.1. The van der Waals surface area contributed by atoms with Gasteiger partial charge in [0.05, 0.1) is 16.6 Å². The Morgan fingerprint density at radius 3 is 2.62 bits per heavy atom. The molecule has 150 valence electrons. The third-order valence-electron chi connectivity index (χ3n) is 5.73. The summed E-state index contributed by atoms with van der Waals surface area (Å²) >= 11 is 0. The highest BCUT2D eigenvalue weighted by Crippen LogP contribution is 2.18. The maximum Gasteiger partial charge on any atom is 0.336 e. The molecule has 1 aromatic heterocycles. The number of likely N-dealkylation sites (tertiary alicyclic amines) is 1. The standard InChI is InChI=1S/C23H25N3O3/c1-16-8-7-10-18(14-16)26-22(28)19-11-3-4-12-20(19)25(23(26)29)15-21(27)24-13-6-5-9-17(24)2/h3-4,7-8,10-12,14,17H,5-6,9,13,15H2,1-2H3. The minimum absolute atomic E-state index is 0.0736. The Morgan fingerprint density at radius 1 is 1.07 bits per heavy atom. The molecule has 1 unspecified atom stereocenters. The topological polar surface area (TPSA) is 64.3 Å². The first-order chi connectivity index (χ1) is 14.0. The summed E-state index contributed by atoms with van der Waals surface area (Å²) in [6.07, 6.45) is 3.07. The van der Waals surface area contributed by atoms with Crippen molar-refractivity contribution in [1.82, 2.24) is 14.0 Å². The van der Waals surface area contributed by atoms with Gasteiger partial charge in [-0.25, -0.2) is 9.36 Å². The Labute approximate surface area is 169 Å². The van der Waals surface area contributed by atoms with Gasteiger partial charge in [-0.1, -0.05) is 24.3 Å². The van der Waals surface area contributed by atoms with Gasteiger partial charge in [0, 0.05) is 12.6 Å². The summed E-state index contributed by atoms with van der Waals surface area (Å²) in [5, 5.41) is 0.424. The van der Waals surface area contributed by atoms with Crippen molar-refractivity contribution < 1.29 is 4.79 Å².